The van der Waals surface area contributed by atoms with Crippen molar-refractivity contribution in [2.45, 2.75) is 25.7 Å². The predicted octanol–water partition coefficient (Wildman–Crippen LogP) is 2.97. The van der Waals surface area contributed by atoms with Crippen LogP contribution in [0.3, 0.4) is 0 Å². The molecule has 0 saturated heterocycles. The number of halogens is 3. The van der Waals surface area contributed by atoms with Gasteiger partial charge in [0.2, 0.25) is 5.91 Å². The zero-order valence-corrected chi connectivity index (χ0v) is 12.6. The van der Waals surface area contributed by atoms with E-state index in [2.05, 4.69) is 26.4 Å². The van der Waals surface area contributed by atoms with E-state index >= 15 is 0 Å². The molecule has 0 bridgehead atoms. The minimum absolute atomic E-state index is 0.0843. The van der Waals surface area contributed by atoms with Gasteiger partial charge in [0.1, 0.15) is 11.2 Å². The minimum atomic E-state index is -1.16. The monoisotopic (exact) mass is 361 g/mol. The molecule has 1 fully saturated rings. The molecule has 21 heavy (non-hydrogen) atoms. The Hall–Kier alpha value is -1.70. The van der Waals surface area contributed by atoms with E-state index in [1.54, 1.807) is 0 Å². The molecule has 8 heteroatoms. The van der Waals surface area contributed by atoms with Gasteiger partial charge in [-0.2, -0.15) is 0 Å². The summed E-state index contributed by atoms with van der Waals surface area (Å²) >= 11 is 3.00. The molecular weight excluding hydrogens is 348 g/mol. The van der Waals surface area contributed by atoms with Crippen LogP contribution in [0.2, 0.25) is 0 Å². The van der Waals surface area contributed by atoms with Gasteiger partial charge in [-0.3, -0.25) is 4.79 Å². The van der Waals surface area contributed by atoms with Crippen molar-refractivity contribution in [2.24, 2.45) is 16.3 Å². The van der Waals surface area contributed by atoms with E-state index in [9.17, 15) is 13.6 Å². The molecule has 0 aromatic heterocycles. The van der Waals surface area contributed by atoms with Crippen molar-refractivity contribution in [3.05, 3.63) is 28.2 Å². The molecule has 0 unspecified atom stereocenters. The second-order valence-corrected chi connectivity index (χ2v) is 5.83. The van der Waals surface area contributed by atoms with Crippen LogP contribution in [0.25, 0.3) is 0 Å². The summed E-state index contributed by atoms with van der Waals surface area (Å²) < 4.78 is 26.9. The molecule has 1 amide bonds. The normalized spacial score (nSPS) is 17.8. The molecule has 0 radical (unpaired) electrons. The van der Waals surface area contributed by atoms with Crippen molar-refractivity contribution in [1.29, 1.82) is 0 Å². The lowest BCUT2D eigenvalue weighted by atomic mass is 9.83. The lowest BCUT2D eigenvalue weighted by Crippen LogP contribution is -2.45. The van der Waals surface area contributed by atoms with Crippen molar-refractivity contribution in [2.75, 3.05) is 5.32 Å². The van der Waals surface area contributed by atoms with Crippen molar-refractivity contribution >= 4 is 33.4 Å². The molecule has 0 aliphatic heterocycles. The Bertz CT molecular complexity index is 578. The number of nitrogens with two attached hydrogens (primary N) is 1. The Labute approximate surface area is 128 Å². The first-order valence-corrected chi connectivity index (χ1v) is 7.14. The number of hydrogen-bond acceptors (Lipinski definition) is 3. The van der Waals surface area contributed by atoms with Crippen LogP contribution in [0.4, 0.5) is 14.5 Å². The van der Waals surface area contributed by atoms with Crippen molar-refractivity contribution in [3.8, 4) is 0 Å². The lowest BCUT2D eigenvalue weighted by Gasteiger charge is -2.26. The predicted molar refractivity (Wildman–Crippen MR) is 77.0 cm³/mol. The molecule has 114 valence electrons. The van der Waals surface area contributed by atoms with E-state index in [0.717, 1.165) is 18.9 Å². The number of hydrogen-bond donors (Lipinski definition) is 3. The maximum absolute atomic E-state index is 13.8. The number of anilines is 1. The third-order valence-electron chi connectivity index (χ3n) is 3.74. The van der Waals surface area contributed by atoms with Crippen molar-refractivity contribution in [3.63, 3.8) is 0 Å². The van der Waals surface area contributed by atoms with Crippen LogP contribution in [0.1, 0.15) is 25.7 Å². The number of amidine groups is 1. The number of rotatable bonds is 3. The lowest BCUT2D eigenvalue weighted by molar-refractivity contribution is -0.122. The number of carbonyl (C=O) groups excluding carboxylic acids is 1. The molecule has 1 aromatic carbocycles. The SMILES string of the molecule is NC(=NO)C1(C(=O)Nc2c(F)cc(F)cc2Br)CCCC1. The second kappa shape index (κ2) is 5.97. The van der Waals surface area contributed by atoms with Crippen molar-refractivity contribution < 1.29 is 18.8 Å². The van der Waals surface area contributed by atoms with Gasteiger partial charge in [0, 0.05) is 10.5 Å². The number of nitrogens with one attached hydrogen (secondary N) is 1. The van der Waals surface area contributed by atoms with E-state index in [1.165, 1.54) is 0 Å². The van der Waals surface area contributed by atoms with Gasteiger partial charge in [0.25, 0.3) is 0 Å². The molecule has 1 saturated carbocycles. The largest absolute Gasteiger partial charge is 0.409 e. The van der Waals surface area contributed by atoms with E-state index in [1.807, 2.05) is 0 Å². The van der Waals surface area contributed by atoms with Crippen molar-refractivity contribution in [1.82, 2.24) is 0 Å². The van der Waals surface area contributed by atoms with Gasteiger partial charge in [-0.05, 0) is 34.8 Å². The first-order valence-electron chi connectivity index (χ1n) is 6.35. The van der Waals surface area contributed by atoms with Gasteiger partial charge < -0.3 is 16.3 Å². The molecule has 2 rings (SSSR count). The first kappa shape index (κ1) is 15.7. The fourth-order valence-corrected chi connectivity index (χ4v) is 3.08. The maximum atomic E-state index is 13.8. The molecule has 1 aliphatic carbocycles. The van der Waals surface area contributed by atoms with Crippen LogP contribution < -0.4 is 11.1 Å². The number of oxime groups is 1. The van der Waals surface area contributed by atoms with Gasteiger partial charge in [-0.1, -0.05) is 18.0 Å². The fourth-order valence-electron chi connectivity index (χ4n) is 2.57. The molecule has 5 nitrogen and oxygen atoms in total. The fraction of sp³-hybridized carbons (Fsp3) is 0.385. The Balaban J connectivity index is 2.33. The number of nitrogens with zero attached hydrogens (tertiary/aromatic N) is 1. The first-order chi connectivity index (χ1) is 9.90. The third kappa shape index (κ3) is 2.85. The summed E-state index contributed by atoms with van der Waals surface area (Å²) in [6, 6.07) is 1.72. The highest BCUT2D eigenvalue weighted by Crippen LogP contribution is 2.40. The Kier molecular flexibility index (Phi) is 4.46. The highest BCUT2D eigenvalue weighted by atomic mass is 79.9. The van der Waals surface area contributed by atoms with Crippen LogP contribution in [0, 0.1) is 17.0 Å². The molecule has 1 aromatic rings. The van der Waals surface area contributed by atoms with E-state index in [-0.39, 0.29) is 16.0 Å². The Morgan fingerprint density at radius 2 is 2.00 bits per heavy atom. The average Bonchev–Trinajstić information content (AvgIpc) is 2.92. The molecule has 0 spiro atoms. The standard InChI is InChI=1S/C13H14BrF2N3O2/c14-8-5-7(15)6-9(16)10(8)18-12(20)13(11(17)19-21)3-1-2-4-13/h5-6,21H,1-4H2,(H2,17,19)(H,18,20). The van der Waals surface area contributed by atoms with Crippen LogP contribution in [0.5, 0.6) is 0 Å². The summed E-state index contributed by atoms with van der Waals surface area (Å²) in [5, 5.41) is 14.2. The molecular formula is C13H14BrF2N3O2. The highest BCUT2D eigenvalue weighted by molar-refractivity contribution is 9.10. The zero-order valence-electron chi connectivity index (χ0n) is 11.0. The molecule has 4 N–H and O–H groups in total. The number of benzene rings is 1. The highest BCUT2D eigenvalue weighted by Gasteiger charge is 2.45. The average molecular weight is 362 g/mol. The maximum Gasteiger partial charge on any atom is 0.238 e. The Morgan fingerprint density at radius 3 is 2.52 bits per heavy atom. The van der Waals surface area contributed by atoms with Gasteiger partial charge in [0.05, 0.1) is 5.69 Å². The molecule has 0 atom stereocenters. The smallest absolute Gasteiger partial charge is 0.238 e. The topological polar surface area (TPSA) is 87.7 Å². The summed E-state index contributed by atoms with van der Waals surface area (Å²) in [7, 11) is 0. The third-order valence-corrected chi connectivity index (χ3v) is 4.36. The van der Waals surface area contributed by atoms with Crippen LogP contribution >= 0.6 is 15.9 Å². The van der Waals surface area contributed by atoms with Gasteiger partial charge in [0.15, 0.2) is 11.7 Å². The Morgan fingerprint density at radius 1 is 1.38 bits per heavy atom. The zero-order chi connectivity index (χ0) is 15.6. The molecule has 0 heterocycles. The summed E-state index contributed by atoms with van der Waals surface area (Å²) in [6.07, 6.45) is 2.32. The summed E-state index contributed by atoms with van der Waals surface area (Å²) in [5.74, 6) is -2.43. The van der Waals surface area contributed by atoms with E-state index in [0.29, 0.717) is 18.9 Å². The van der Waals surface area contributed by atoms with Gasteiger partial charge in [-0.25, -0.2) is 8.78 Å². The number of amides is 1. The number of carbonyl (C=O) groups is 1. The van der Waals surface area contributed by atoms with Gasteiger partial charge in [-0.15, -0.1) is 0 Å². The van der Waals surface area contributed by atoms with Gasteiger partial charge >= 0.3 is 0 Å². The summed E-state index contributed by atoms with van der Waals surface area (Å²) in [6.45, 7) is 0. The van der Waals surface area contributed by atoms with Crippen LogP contribution in [0.15, 0.2) is 21.8 Å². The summed E-state index contributed by atoms with van der Waals surface area (Å²) in [5.41, 5.74) is 4.32. The quantitative estimate of drug-likeness (QED) is 0.334. The van der Waals surface area contributed by atoms with Crippen LogP contribution in [-0.2, 0) is 4.79 Å². The van der Waals surface area contributed by atoms with E-state index in [4.69, 9.17) is 10.9 Å². The molecule has 1 aliphatic rings. The van der Waals surface area contributed by atoms with Crippen LogP contribution in [-0.4, -0.2) is 17.0 Å². The van der Waals surface area contributed by atoms with E-state index < -0.39 is 23.0 Å². The minimum Gasteiger partial charge on any atom is -0.409 e. The second-order valence-electron chi connectivity index (χ2n) is 4.97. The summed E-state index contributed by atoms with van der Waals surface area (Å²) in [4.78, 5) is 12.5.